The molecule has 2 rings (SSSR count). The molecule has 146 valence electrons. The summed E-state index contributed by atoms with van der Waals surface area (Å²) in [6, 6.07) is 10.5. The van der Waals surface area contributed by atoms with E-state index in [1.807, 2.05) is 13.8 Å². The number of halogens is 1. The van der Waals surface area contributed by atoms with Crippen LogP contribution in [-0.4, -0.2) is 27.5 Å². The molecule has 2 aromatic rings. The fourth-order valence-corrected chi connectivity index (χ4v) is 3.85. The molecule has 0 unspecified atom stereocenters. The van der Waals surface area contributed by atoms with E-state index < -0.39 is 10.0 Å². The quantitative estimate of drug-likeness (QED) is 0.687. The van der Waals surface area contributed by atoms with Crippen molar-refractivity contribution in [2.75, 3.05) is 11.8 Å². The summed E-state index contributed by atoms with van der Waals surface area (Å²) >= 11 is 6.19. The third-order valence-corrected chi connectivity index (χ3v) is 5.64. The zero-order valence-electron chi connectivity index (χ0n) is 15.5. The zero-order valence-corrected chi connectivity index (χ0v) is 17.0. The van der Waals surface area contributed by atoms with Crippen LogP contribution < -0.4 is 14.8 Å². The van der Waals surface area contributed by atoms with Gasteiger partial charge in [-0.25, -0.2) is 8.42 Å². The van der Waals surface area contributed by atoms with Crippen LogP contribution in [0, 0.1) is 0 Å². The molecule has 0 fully saturated rings. The van der Waals surface area contributed by atoms with Gasteiger partial charge in [-0.15, -0.1) is 0 Å². The summed E-state index contributed by atoms with van der Waals surface area (Å²) in [5, 5.41) is 3.04. The van der Waals surface area contributed by atoms with Crippen molar-refractivity contribution in [1.82, 2.24) is 5.32 Å². The Hall–Kier alpha value is -2.25. The van der Waals surface area contributed by atoms with Gasteiger partial charge in [0, 0.05) is 6.04 Å². The van der Waals surface area contributed by atoms with Gasteiger partial charge in [0.25, 0.3) is 15.9 Å². The minimum Gasteiger partial charge on any atom is -0.497 e. The molecule has 0 aromatic heterocycles. The molecule has 0 aliphatic heterocycles. The first-order valence-electron chi connectivity index (χ1n) is 8.54. The third kappa shape index (κ3) is 5.61. The molecule has 27 heavy (non-hydrogen) atoms. The number of benzene rings is 2. The normalized spacial score (nSPS) is 12.3. The fourth-order valence-electron chi connectivity index (χ4n) is 2.54. The highest BCUT2D eigenvalue weighted by Gasteiger charge is 2.17. The second-order valence-corrected chi connectivity index (χ2v) is 8.23. The van der Waals surface area contributed by atoms with Gasteiger partial charge in [0.15, 0.2) is 0 Å². The van der Waals surface area contributed by atoms with Gasteiger partial charge >= 0.3 is 0 Å². The molecule has 8 heteroatoms. The van der Waals surface area contributed by atoms with Gasteiger partial charge in [-0.05, 0) is 55.8 Å². The molecule has 2 aromatic carbocycles. The summed E-state index contributed by atoms with van der Waals surface area (Å²) in [5.74, 6) is 0.273. The van der Waals surface area contributed by atoms with Crippen molar-refractivity contribution in [2.45, 2.75) is 37.6 Å². The van der Waals surface area contributed by atoms with Crippen LogP contribution in [0.15, 0.2) is 47.4 Å². The van der Waals surface area contributed by atoms with Crippen LogP contribution in [-0.2, 0) is 10.0 Å². The standard InChI is InChI=1S/C19H23ClN2O4S/c1-4-5-13(2)21-19(23)17-11-6-14(12-18(17)20)22-27(24,25)16-9-7-15(26-3)8-10-16/h6-13,22H,4-5H2,1-3H3,(H,21,23)/t13-/m0/s1. The Morgan fingerprint density at radius 1 is 1.19 bits per heavy atom. The third-order valence-electron chi connectivity index (χ3n) is 3.93. The van der Waals surface area contributed by atoms with E-state index in [-0.39, 0.29) is 27.6 Å². The number of rotatable bonds is 8. The average molecular weight is 411 g/mol. The first-order valence-corrected chi connectivity index (χ1v) is 10.4. The Morgan fingerprint density at radius 2 is 1.85 bits per heavy atom. The van der Waals surface area contributed by atoms with E-state index in [2.05, 4.69) is 10.0 Å². The Kier molecular flexibility index (Phi) is 7.10. The molecule has 6 nitrogen and oxygen atoms in total. The first kappa shape index (κ1) is 21.1. The van der Waals surface area contributed by atoms with Gasteiger partial charge in [0.2, 0.25) is 0 Å². The van der Waals surface area contributed by atoms with Crippen LogP contribution in [0.25, 0.3) is 0 Å². The Bertz CT molecular complexity index is 898. The summed E-state index contributed by atoms with van der Waals surface area (Å²) < 4.78 is 32.4. The van der Waals surface area contributed by atoms with Gasteiger partial charge in [-0.1, -0.05) is 24.9 Å². The molecule has 0 radical (unpaired) electrons. The van der Waals surface area contributed by atoms with E-state index in [1.54, 1.807) is 12.1 Å². The van der Waals surface area contributed by atoms with Crippen molar-refractivity contribution in [3.05, 3.63) is 53.1 Å². The molecule has 0 aliphatic rings. The lowest BCUT2D eigenvalue weighted by molar-refractivity contribution is 0.0938. The van der Waals surface area contributed by atoms with Gasteiger partial charge in [0.05, 0.1) is 28.3 Å². The molecular formula is C19H23ClN2O4S. The second-order valence-electron chi connectivity index (χ2n) is 6.14. The van der Waals surface area contributed by atoms with Crippen molar-refractivity contribution < 1.29 is 17.9 Å². The number of sulfonamides is 1. The van der Waals surface area contributed by atoms with Crippen LogP contribution in [0.5, 0.6) is 5.75 Å². The van der Waals surface area contributed by atoms with Crippen LogP contribution in [0.4, 0.5) is 5.69 Å². The number of anilines is 1. The first-order chi connectivity index (χ1) is 12.8. The lowest BCUT2D eigenvalue weighted by Crippen LogP contribution is -2.32. The van der Waals surface area contributed by atoms with Crippen molar-refractivity contribution in [3.8, 4) is 5.75 Å². The highest BCUT2D eigenvalue weighted by Crippen LogP contribution is 2.24. The molecule has 1 amide bonds. The van der Waals surface area contributed by atoms with Crippen LogP contribution in [0.3, 0.4) is 0 Å². The predicted molar refractivity (Wildman–Crippen MR) is 107 cm³/mol. The van der Waals surface area contributed by atoms with E-state index in [0.29, 0.717) is 11.3 Å². The highest BCUT2D eigenvalue weighted by atomic mass is 35.5. The van der Waals surface area contributed by atoms with Crippen LogP contribution in [0.1, 0.15) is 37.0 Å². The molecule has 2 N–H and O–H groups in total. The molecule has 0 saturated carbocycles. The fraction of sp³-hybridized carbons (Fsp3) is 0.316. The lowest BCUT2D eigenvalue weighted by Gasteiger charge is -2.14. The number of nitrogens with one attached hydrogen (secondary N) is 2. The van der Waals surface area contributed by atoms with E-state index in [4.69, 9.17) is 16.3 Å². The van der Waals surface area contributed by atoms with E-state index >= 15 is 0 Å². The summed E-state index contributed by atoms with van der Waals surface area (Å²) in [6.07, 6.45) is 1.82. The van der Waals surface area contributed by atoms with Crippen molar-refractivity contribution in [3.63, 3.8) is 0 Å². The average Bonchev–Trinajstić information content (AvgIpc) is 2.61. The maximum absolute atomic E-state index is 12.5. The van der Waals surface area contributed by atoms with Gasteiger partial charge in [-0.2, -0.15) is 0 Å². The molecule has 0 spiro atoms. The Morgan fingerprint density at radius 3 is 2.41 bits per heavy atom. The monoisotopic (exact) mass is 410 g/mol. The van der Waals surface area contributed by atoms with E-state index in [9.17, 15) is 13.2 Å². The smallest absolute Gasteiger partial charge is 0.261 e. The molecule has 0 bridgehead atoms. The van der Waals surface area contributed by atoms with Crippen molar-refractivity contribution >= 4 is 33.2 Å². The molecular weight excluding hydrogens is 388 g/mol. The minimum atomic E-state index is -3.78. The maximum atomic E-state index is 12.5. The molecule has 0 saturated heterocycles. The van der Waals surface area contributed by atoms with Gasteiger partial charge in [0.1, 0.15) is 5.75 Å². The maximum Gasteiger partial charge on any atom is 0.261 e. The second kappa shape index (κ2) is 9.10. The summed E-state index contributed by atoms with van der Waals surface area (Å²) in [5.41, 5.74) is 0.570. The summed E-state index contributed by atoms with van der Waals surface area (Å²) in [6.45, 7) is 3.96. The zero-order chi connectivity index (χ0) is 20.0. The van der Waals surface area contributed by atoms with Crippen molar-refractivity contribution in [2.24, 2.45) is 0 Å². The number of hydrogen-bond acceptors (Lipinski definition) is 4. The SMILES string of the molecule is CCC[C@H](C)NC(=O)c1ccc(NS(=O)(=O)c2ccc(OC)cc2)cc1Cl. The predicted octanol–water partition coefficient (Wildman–Crippen LogP) is 4.07. The number of hydrogen-bond donors (Lipinski definition) is 2. The number of amides is 1. The number of methoxy groups -OCH3 is 1. The topological polar surface area (TPSA) is 84.5 Å². The molecule has 0 heterocycles. The van der Waals surface area contributed by atoms with Crippen molar-refractivity contribution in [1.29, 1.82) is 0 Å². The van der Waals surface area contributed by atoms with Crippen LogP contribution in [0.2, 0.25) is 5.02 Å². The van der Waals surface area contributed by atoms with Crippen LogP contribution >= 0.6 is 11.6 Å². The Balaban J connectivity index is 2.15. The molecule has 0 aliphatic carbocycles. The minimum absolute atomic E-state index is 0.0341. The lowest BCUT2D eigenvalue weighted by atomic mass is 10.1. The highest BCUT2D eigenvalue weighted by molar-refractivity contribution is 7.92. The largest absolute Gasteiger partial charge is 0.497 e. The van der Waals surface area contributed by atoms with Gasteiger partial charge in [-0.3, -0.25) is 9.52 Å². The molecule has 1 atom stereocenters. The number of carbonyl (C=O) groups excluding carboxylic acids is 1. The number of carbonyl (C=O) groups is 1. The summed E-state index contributed by atoms with van der Waals surface area (Å²) in [7, 11) is -2.27. The summed E-state index contributed by atoms with van der Waals surface area (Å²) in [4.78, 5) is 12.4. The van der Waals surface area contributed by atoms with Gasteiger partial charge < -0.3 is 10.1 Å². The van der Waals surface area contributed by atoms with E-state index in [0.717, 1.165) is 12.8 Å². The Labute approximate surface area is 164 Å². The van der Waals surface area contributed by atoms with E-state index in [1.165, 1.54) is 37.4 Å². The number of ether oxygens (including phenoxy) is 1.